The molecule has 0 aliphatic carbocycles. The van der Waals surface area contributed by atoms with Crippen LogP contribution in [0.5, 0.6) is 0 Å². The third-order valence-electron chi connectivity index (χ3n) is 2.64. The van der Waals surface area contributed by atoms with Gasteiger partial charge in [-0.05, 0) is 30.3 Å². The van der Waals surface area contributed by atoms with Gasteiger partial charge in [-0.2, -0.15) is 0 Å². The van der Waals surface area contributed by atoms with Crippen LogP contribution in [0.4, 0.5) is 14.5 Å². The smallest absolute Gasteiger partial charge is 0.123 e. The van der Waals surface area contributed by atoms with E-state index in [4.69, 9.17) is 0 Å². The van der Waals surface area contributed by atoms with E-state index in [9.17, 15) is 17.2 Å². The van der Waals surface area contributed by atoms with Gasteiger partial charge >= 0.3 is 0 Å². The minimum Gasteiger partial charge on any atom is -0.570 e. The Labute approximate surface area is 115 Å². The van der Waals surface area contributed by atoms with E-state index < -0.39 is 27.3 Å². The summed E-state index contributed by atoms with van der Waals surface area (Å²) in [6.07, 6.45) is 0. The van der Waals surface area contributed by atoms with Crippen LogP contribution in [-0.2, 0) is 16.6 Å². The van der Waals surface area contributed by atoms with Gasteiger partial charge in [0.1, 0.15) is 21.7 Å². The first kappa shape index (κ1) is 14.4. The normalized spacial score (nSPS) is 11.3. The van der Waals surface area contributed by atoms with Crippen LogP contribution < -0.4 is 5.73 Å². The molecule has 7 heteroatoms. The molecule has 0 saturated carbocycles. The zero-order chi connectivity index (χ0) is 14.8. The van der Waals surface area contributed by atoms with Crippen molar-refractivity contribution in [2.45, 2.75) is 11.4 Å². The second-order valence-electron chi connectivity index (χ2n) is 4.06. The molecule has 0 unspecified atom stereocenters. The molecular weight excluding hydrogens is 286 g/mol. The Morgan fingerprint density at radius 1 is 1.05 bits per heavy atom. The van der Waals surface area contributed by atoms with Gasteiger partial charge in [-0.15, -0.1) is 0 Å². The molecule has 2 aromatic carbocycles. The highest BCUT2D eigenvalue weighted by molar-refractivity contribution is 7.94. The average molecular weight is 298 g/mol. The van der Waals surface area contributed by atoms with E-state index in [1.54, 1.807) is 12.1 Å². The highest BCUT2D eigenvalue weighted by atomic mass is 32.2. The van der Waals surface area contributed by atoms with Crippen molar-refractivity contribution >= 4 is 15.7 Å². The summed E-state index contributed by atoms with van der Waals surface area (Å²) >= 11 is 0. The molecule has 20 heavy (non-hydrogen) atoms. The Hall–Kier alpha value is -1.99. The topological polar surface area (TPSA) is 75.9 Å². The van der Waals surface area contributed by atoms with Crippen molar-refractivity contribution in [1.82, 2.24) is 0 Å². The van der Waals surface area contributed by atoms with Crippen molar-refractivity contribution in [2.75, 3.05) is 0 Å². The van der Waals surface area contributed by atoms with Gasteiger partial charge < -0.3 is 10.5 Å². The monoisotopic (exact) mass is 298 g/mol. The van der Waals surface area contributed by atoms with Crippen LogP contribution in [0.15, 0.2) is 47.4 Å². The van der Waals surface area contributed by atoms with Crippen molar-refractivity contribution < 1.29 is 22.9 Å². The summed E-state index contributed by atoms with van der Waals surface area (Å²) in [5, 5.41) is 0. The molecule has 0 aromatic heterocycles. The van der Waals surface area contributed by atoms with Crippen LogP contribution >= 0.6 is 0 Å². The SMILES string of the molecule is [NH3+]Cc1ccc(S(=O)(=O)[N-]c2cc(F)ccc2F)cc1. The molecule has 0 aliphatic rings. The minimum absolute atomic E-state index is 0.0849. The van der Waals surface area contributed by atoms with E-state index in [0.29, 0.717) is 6.54 Å². The summed E-state index contributed by atoms with van der Waals surface area (Å²) in [6.45, 7) is 0.524. The molecule has 0 saturated heterocycles. The summed E-state index contributed by atoms with van der Waals surface area (Å²) in [5.41, 5.74) is 3.98. The van der Waals surface area contributed by atoms with E-state index in [1.807, 2.05) is 0 Å². The fourth-order valence-electron chi connectivity index (χ4n) is 1.57. The number of quaternary nitrogens is 1. The number of hydrogen-bond donors (Lipinski definition) is 1. The van der Waals surface area contributed by atoms with Crippen LogP contribution in [0.1, 0.15) is 5.56 Å². The number of benzene rings is 2. The van der Waals surface area contributed by atoms with Gasteiger partial charge in [-0.25, -0.2) is 17.2 Å². The van der Waals surface area contributed by atoms with Gasteiger partial charge in [0.25, 0.3) is 0 Å². The Morgan fingerprint density at radius 2 is 1.70 bits per heavy atom. The quantitative estimate of drug-likeness (QED) is 0.938. The predicted octanol–water partition coefficient (Wildman–Crippen LogP) is 2.10. The molecule has 0 radical (unpaired) electrons. The largest absolute Gasteiger partial charge is 0.570 e. The highest BCUT2D eigenvalue weighted by Crippen LogP contribution is 2.30. The van der Waals surface area contributed by atoms with Gasteiger partial charge in [-0.3, -0.25) is 0 Å². The van der Waals surface area contributed by atoms with E-state index in [1.165, 1.54) is 12.1 Å². The fraction of sp³-hybridized carbons (Fsp3) is 0.0769. The lowest BCUT2D eigenvalue weighted by molar-refractivity contribution is -0.386. The molecule has 0 heterocycles. The second kappa shape index (κ2) is 5.56. The van der Waals surface area contributed by atoms with Gasteiger partial charge in [0.2, 0.25) is 0 Å². The predicted molar refractivity (Wildman–Crippen MR) is 69.6 cm³/mol. The van der Waals surface area contributed by atoms with Gasteiger partial charge in [-0.1, -0.05) is 17.8 Å². The lowest BCUT2D eigenvalue weighted by Crippen LogP contribution is -2.47. The van der Waals surface area contributed by atoms with Crippen LogP contribution in [0.25, 0.3) is 4.72 Å². The number of sulfonamides is 1. The van der Waals surface area contributed by atoms with Crippen molar-refractivity contribution in [1.29, 1.82) is 0 Å². The summed E-state index contributed by atoms with van der Waals surface area (Å²) in [6, 6.07) is 8.36. The number of halogens is 2. The molecule has 106 valence electrons. The van der Waals surface area contributed by atoms with E-state index >= 15 is 0 Å². The Balaban J connectivity index is 2.32. The van der Waals surface area contributed by atoms with Gasteiger partial charge in [0.05, 0.1) is 11.4 Å². The van der Waals surface area contributed by atoms with Crippen molar-refractivity contribution in [3.8, 4) is 0 Å². The summed E-state index contributed by atoms with van der Waals surface area (Å²) in [7, 11) is -4.08. The lowest BCUT2D eigenvalue weighted by atomic mass is 10.2. The van der Waals surface area contributed by atoms with Crippen LogP contribution in [0, 0.1) is 11.6 Å². The fourth-order valence-corrected chi connectivity index (χ4v) is 2.55. The summed E-state index contributed by atoms with van der Waals surface area (Å²) in [4.78, 5) is -0.0849. The van der Waals surface area contributed by atoms with Crippen molar-refractivity contribution in [2.24, 2.45) is 0 Å². The molecule has 4 nitrogen and oxygen atoms in total. The maximum Gasteiger partial charge on any atom is 0.123 e. The molecule has 0 aliphatic heterocycles. The molecule has 2 rings (SSSR count). The minimum atomic E-state index is -4.08. The number of rotatable bonds is 4. The molecule has 0 spiro atoms. The lowest BCUT2D eigenvalue weighted by Gasteiger charge is -2.22. The third-order valence-corrected chi connectivity index (χ3v) is 3.94. The Kier molecular flexibility index (Phi) is 4.01. The molecule has 3 N–H and O–H groups in total. The maximum atomic E-state index is 13.4. The molecule has 0 atom stereocenters. The first-order chi connectivity index (χ1) is 9.42. The zero-order valence-electron chi connectivity index (χ0n) is 10.4. The summed E-state index contributed by atoms with van der Waals surface area (Å²) in [5.74, 6) is -1.66. The Morgan fingerprint density at radius 3 is 2.30 bits per heavy atom. The molecule has 0 amide bonds. The highest BCUT2D eigenvalue weighted by Gasteiger charge is 2.07. The van der Waals surface area contributed by atoms with Gasteiger partial charge in [0, 0.05) is 5.56 Å². The number of nitrogens with zero attached hydrogens (tertiary/aromatic N) is 1. The van der Waals surface area contributed by atoms with E-state index in [0.717, 1.165) is 23.8 Å². The van der Waals surface area contributed by atoms with Gasteiger partial charge in [0.15, 0.2) is 0 Å². The van der Waals surface area contributed by atoms with Crippen molar-refractivity contribution in [3.05, 3.63) is 64.4 Å². The average Bonchev–Trinajstić information content (AvgIpc) is 2.43. The zero-order valence-corrected chi connectivity index (χ0v) is 11.2. The molecular formula is C13H12F2N2O2S. The Bertz CT molecular complexity index is 716. The van der Waals surface area contributed by atoms with Crippen LogP contribution in [0.2, 0.25) is 0 Å². The first-order valence-corrected chi connectivity index (χ1v) is 7.17. The summed E-state index contributed by atoms with van der Waals surface area (Å²) < 4.78 is 53.7. The van der Waals surface area contributed by atoms with Crippen LogP contribution in [-0.4, -0.2) is 8.42 Å². The van der Waals surface area contributed by atoms with E-state index in [-0.39, 0.29) is 4.90 Å². The van der Waals surface area contributed by atoms with Crippen LogP contribution in [0.3, 0.4) is 0 Å². The maximum absolute atomic E-state index is 13.4. The molecule has 2 aromatic rings. The number of hydrogen-bond acceptors (Lipinski definition) is 2. The molecule has 0 bridgehead atoms. The second-order valence-corrected chi connectivity index (χ2v) is 5.66. The first-order valence-electron chi connectivity index (χ1n) is 5.73. The third kappa shape index (κ3) is 3.12. The van der Waals surface area contributed by atoms with Crippen molar-refractivity contribution in [3.63, 3.8) is 0 Å². The standard InChI is InChI=1S/C13H11F2N2O2S/c14-10-3-6-12(15)13(7-10)17-20(18,19)11-4-1-9(8-16)2-5-11/h1-7H,8,16H2/q-1/p+1. The molecule has 0 fully saturated rings. The van der Waals surface area contributed by atoms with E-state index in [2.05, 4.69) is 10.5 Å².